The summed E-state index contributed by atoms with van der Waals surface area (Å²) in [5.74, 6) is 1.35. The van der Waals surface area contributed by atoms with Gasteiger partial charge in [-0.2, -0.15) is 0 Å². The molecule has 3 N–H and O–H groups in total. The van der Waals surface area contributed by atoms with Gasteiger partial charge in [0.05, 0.1) is 0 Å². The van der Waals surface area contributed by atoms with E-state index in [0.29, 0.717) is 24.8 Å². The number of hydrogen-bond donors (Lipinski definition) is 2. The first-order valence-corrected chi connectivity index (χ1v) is 5.96. The lowest BCUT2D eigenvalue weighted by molar-refractivity contribution is -0.121. The van der Waals surface area contributed by atoms with E-state index < -0.39 is 0 Å². The van der Waals surface area contributed by atoms with Crippen LogP contribution in [0.5, 0.6) is 0 Å². The van der Waals surface area contributed by atoms with Crippen LogP contribution in [0.2, 0.25) is 0 Å². The topological polar surface area (TPSA) is 55.1 Å². The molecule has 0 spiro atoms. The van der Waals surface area contributed by atoms with E-state index in [2.05, 4.69) is 19.2 Å². The van der Waals surface area contributed by atoms with Crippen LogP contribution in [0.25, 0.3) is 0 Å². The Kier molecular flexibility index (Phi) is 7.39. The van der Waals surface area contributed by atoms with Gasteiger partial charge >= 0.3 is 0 Å². The molecule has 3 heteroatoms. The molecule has 0 aliphatic carbocycles. The fraction of sp³-hybridized carbons (Fsp3) is 0.917. The van der Waals surface area contributed by atoms with Gasteiger partial charge in [0.1, 0.15) is 0 Å². The van der Waals surface area contributed by atoms with Crippen molar-refractivity contribution in [1.82, 2.24) is 5.32 Å². The summed E-state index contributed by atoms with van der Waals surface area (Å²) >= 11 is 0. The Morgan fingerprint density at radius 1 is 1.20 bits per heavy atom. The summed E-state index contributed by atoms with van der Waals surface area (Å²) in [5, 5.41) is 2.91. The normalized spacial score (nSPS) is 13.3. The number of nitrogens with one attached hydrogen (secondary N) is 1. The molecule has 0 radical (unpaired) electrons. The second-order valence-electron chi connectivity index (χ2n) is 4.84. The summed E-state index contributed by atoms with van der Waals surface area (Å²) in [7, 11) is 0. The predicted molar refractivity (Wildman–Crippen MR) is 64.5 cm³/mol. The lowest BCUT2D eigenvalue weighted by Crippen LogP contribution is -2.30. The van der Waals surface area contributed by atoms with Crippen LogP contribution in [-0.2, 0) is 4.79 Å². The lowest BCUT2D eigenvalue weighted by Gasteiger charge is -2.20. The molecule has 1 atom stereocenters. The zero-order valence-corrected chi connectivity index (χ0v) is 10.5. The molecule has 1 amide bonds. The molecule has 90 valence electrons. The summed E-state index contributed by atoms with van der Waals surface area (Å²) in [6, 6.07) is 0.240. The van der Waals surface area contributed by atoms with Crippen molar-refractivity contribution in [3.8, 4) is 0 Å². The summed E-state index contributed by atoms with van der Waals surface area (Å²) in [6.45, 7) is 9.07. The van der Waals surface area contributed by atoms with Gasteiger partial charge in [-0.15, -0.1) is 0 Å². The number of amides is 1. The van der Waals surface area contributed by atoms with Crippen molar-refractivity contribution in [3.63, 3.8) is 0 Å². The molecule has 0 aliphatic heterocycles. The highest BCUT2D eigenvalue weighted by molar-refractivity contribution is 5.76. The van der Waals surface area contributed by atoms with Gasteiger partial charge in [-0.25, -0.2) is 0 Å². The van der Waals surface area contributed by atoms with E-state index in [0.717, 1.165) is 12.8 Å². The number of rotatable bonds is 7. The van der Waals surface area contributed by atoms with E-state index in [1.54, 1.807) is 0 Å². The van der Waals surface area contributed by atoms with E-state index in [1.807, 2.05) is 13.8 Å². The Hall–Kier alpha value is -0.570. The molecule has 0 bridgehead atoms. The average Bonchev–Trinajstić information content (AvgIpc) is 2.10. The van der Waals surface area contributed by atoms with Crippen LogP contribution >= 0.6 is 0 Å². The molecule has 0 aromatic heterocycles. The zero-order valence-electron chi connectivity index (χ0n) is 10.5. The second-order valence-corrected chi connectivity index (χ2v) is 4.84. The molecule has 0 aromatic carbocycles. The van der Waals surface area contributed by atoms with Crippen molar-refractivity contribution in [1.29, 1.82) is 0 Å². The minimum absolute atomic E-state index is 0.160. The quantitative estimate of drug-likeness (QED) is 0.680. The van der Waals surface area contributed by atoms with E-state index >= 15 is 0 Å². The average molecular weight is 214 g/mol. The van der Waals surface area contributed by atoms with Crippen molar-refractivity contribution >= 4 is 5.91 Å². The maximum absolute atomic E-state index is 11.4. The Balaban J connectivity index is 3.83. The molecular formula is C12H26N2O. The molecule has 15 heavy (non-hydrogen) atoms. The molecule has 0 aliphatic rings. The number of carbonyl (C=O) groups is 1. The zero-order chi connectivity index (χ0) is 11.8. The van der Waals surface area contributed by atoms with Crippen molar-refractivity contribution < 1.29 is 4.79 Å². The Bertz CT molecular complexity index is 178. The lowest BCUT2D eigenvalue weighted by atomic mass is 9.88. The third-order valence-corrected chi connectivity index (χ3v) is 2.67. The van der Waals surface area contributed by atoms with Gasteiger partial charge in [0.25, 0.3) is 0 Å². The Morgan fingerprint density at radius 2 is 1.80 bits per heavy atom. The molecule has 0 fully saturated rings. The highest BCUT2D eigenvalue weighted by Crippen LogP contribution is 2.20. The summed E-state index contributed by atoms with van der Waals surface area (Å²) in [4.78, 5) is 11.4. The molecule has 0 heterocycles. The summed E-state index contributed by atoms with van der Waals surface area (Å²) < 4.78 is 0. The van der Waals surface area contributed by atoms with E-state index in [4.69, 9.17) is 5.73 Å². The van der Waals surface area contributed by atoms with Gasteiger partial charge in [0.2, 0.25) is 5.91 Å². The van der Waals surface area contributed by atoms with Crippen LogP contribution in [0.3, 0.4) is 0 Å². The van der Waals surface area contributed by atoms with Crippen LogP contribution in [-0.4, -0.2) is 18.5 Å². The van der Waals surface area contributed by atoms with Crippen LogP contribution in [0.1, 0.15) is 47.0 Å². The van der Waals surface area contributed by atoms with E-state index in [9.17, 15) is 4.79 Å². The molecular weight excluding hydrogens is 188 g/mol. The standard InChI is InChI=1S/C12H26N2O/c1-9(2)11(7-8-13)5-6-12(15)14-10(3)4/h9-11H,5-8,13H2,1-4H3,(H,14,15). The third-order valence-electron chi connectivity index (χ3n) is 2.67. The maximum Gasteiger partial charge on any atom is 0.220 e. The van der Waals surface area contributed by atoms with Crippen LogP contribution < -0.4 is 11.1 Å². The van der Waals surface area contributed by atoms with Crippen LogP contribution in [0.4, 0.5) is 0 Å². The molecule has 0 aromatic rings. The van der Waals surface area contributed by atoms with Gasteiger partial charge in [-0.1, -0.05) is 13.8 Å². The van der Waals surface area contributed by atoms with Gasteiger partial charge in [0.15, 0.2) is 0 Å². The van der Waals surface area contributed by atoms with E-state index in [1.165, 1.54) is 0 Å². The Labute approximate surface area is 93.8 Å². The molecule has 1 unspecified atom stereocenters. The van der Waals surface area contributed by atoms with Crippen molar-refractivity contribution in [2.24, 2.45) is 17.6 Å². The summed E-state index contributed by atoms with van der Waals surface area (Å²) in [6.07, 6.45) is 2.60. The minimum Gasteiger partial charge on any atom is -0.354 e. The Morgan fingerprint density at radius 3 is 2.20 bits per heavy atom. The van der Waals surface area contributed by atoms with Gasteiger partial charge < -0.3 is 11.1 Å². The molecule has 0 saturated carbocycles. The van der Waals surface area contributed by atoms with Crippen molar-refractivity contribution in [3.05, 3.63) is 0 Å². The summed E-state index contributed by atoms with van der Waals surface area (Å²) in [5.41, 5.74) is 5.55. The minimum atomic E-state index is 0.160. The van der Waals surface area contributed by atoms with Crippen LogP contribution in [0, 0.1) is 11.8 Å². The molecule has 0 rings (SSSR count). The predicted octanol–water partition coefficient (Wildman–Crippen LogP) is 1.91. The number of nitrogens with two attached hydrogens (primary N) is 1. The van der Waals surface area contributed by atoms with Gasteiger partial charge in [0, 0.05) is 12.5 Å². The van der Waals surface area contributed by atoms with Gasteiger partial charge in [-0.05, 0) is 45.1 Å². The SMILES string of the molecule is CC(C)NC(=O)CCC(CCN)C(C)C. The fourth-order valence-electron chi connectivity index (χ4n) is 1.74. The van der Waals surface area contributed by atoms with Crippen LogP contribution in [0.15, 0.2) is 0 Å². The van der Waals surface area contributed by atoms with Crippen molar-refractivity contribution in [2.45, 2.75) is 53.0 Å². The first-order chi connectivity index (χ1) is 6.97. The smallest absolute Gasteiger partial charge is 0.220 e. The van der Waals surface area contributed by atoms with Crippen molar-refractivity contribution in [2.75, 3.05) is 6.54 Å². The van der Waals surface area contributed by atoms with Gasteiger partial charge in [-0.3, -0.25) is 4.79 Å². The monoisotopic (exact) mass is 214 g/mol. The largest absolute Gasteiger partial charge is 0.354 e. The maximum atomic E-state index is 11.4. The first kappa shape index (κ1) is 14.4. The molecule has 3 nitrogen and oxygen atoms in total. The first-order valence-electron chi connectivity index (χ1n) is 5.96. The highest BCUT2D eigenvalue weighted by Gasteiger charge is 2.14. The third kappa shape index (κ3) is 7.37. The molecule has 0 saturated heterocycles. The fourth-order valence-corrected chi connectivity index (χ4v) is 1.74. The second kappa shape index (κ2) is 7.69. The van der Waals surface area contributed by atoms with E-state index in [-0.39, 0.29) is 11.9 Å². The number of carbonyl (C=O) groups excluding carboxylic acids is 1. The highest BCUT2D eigenvalue weighted by atomic mass is 16.1. The number of hydrogen-bond acceptors (Lipinski definition) is 2.